The van der Waals surface area contributed by atoms with Crippen molar-refractivity contribution >= 4 is 27.7 Å². The van der Waals surface area contributed by atoms with Crippen molar-refractivity contribution in [3.8, 4) is 0 Å². The van der Waals surface area contributed by atoms with Crippen LogP contribution in [0.15, 0.2) is 22.8 Å². The number of aromatic nitrogens is 1. The third-order valence-electron chi connectivity index (χ3n) is 4.60. The molecule has 0 spiro atoms. The number of anilines is 1. The maximum absolute atomic E-state index is 12.0. The molecule has 0 bridgehead atoms. The molecule has 0 radical (unpaired) electrons. The Kier molecular flexibility index (Phi) is 4.78. The van der Waals surface area contributed by atoms with Gasteiger partial charge in [-0.1, -0.05) is 0 Å². The molecule has 114 valence electrons. The van der Waals surface area contributed by atoms with Crippen molar-refractivity contribution in [1.29, 1.82) is 0 Å². The van der Waals surface area contributed by atoms with Gasteiger partial charge in [0.2, 0.25) is 5.91 Å². The quantitative estimate of drug-likeness (QED) is 0.906. The Morgan fingerprint density at radius 1 is 1.33 bits per heavy atom. The highest BCUT2D eigenvalue weighted by Crippen LogP contribution is 2.29. The van der Waals surface area contributed by atoms with Gasteiger partial charge in [-0.2, -0.15) is 0 Å². The molecule has 1 saturated heterocycles. The van der Waals surface area contributed by atoms with E-state index in [1.165, 1.54) is 6.42 Å². The number of pyridine rings is 1. The van der Waals surface area contributed by atoms with Crippen molar-refractivity contribution in [2.45, 2.75) is 44.6 Å². The summed E-state index contributed by atoms with van der Waals surface area (Å²) >= 11 is 3.56. The van der Waals surface area contributed by atoms with E-state index in [1.54, 1.807) is 0 Å². The van der Waals surface area contributed by atoms with E-state index < -0.39 is 0 Å². The molecule has 1 aliphatic carbocycles. The maximum Gasteiger partial charge on any atom is 0.220 e. The Balaban J connectivity index is 1.46. The Hall–Kier alpha value is -1.10. The van der Waals surface area contributed by atoms with E-state index in [4.69, 9.17) is 0 Å². The summed E-state index contributed by atoms with van der Waals surface area (Å²) in [6.07, 6.45) is 8.26. The van der Waals surface area contributed by atoms with E-state index in [0.717, 1.165) is 49.1 Å². The minimum Gasteiger partial charge on any atom is -0.356 e. The van der Waals surface area contributed by atoms with Crippen LogP contribution < -0.4 is 10.2 Å². The van der Waals surface area contributed by atoms with Gasteiger partial charge in [0.25, 0.3) is 0 Å². The van der Waals surface area contributed by atoms with Crippen LogP contribution in [0.1, 0.15) is 38.5 Å². The molecule has 1 amide bonds. The lowest BCUT2D eigenvalue weighted by atomic mass is 9.90. The normalized spacial score (nSPS) is 20.1. The Morgan fingerprint density at radius 3 is 2.71 bits per heavy atom. The molecular formula is C16H22BrN3O. The van der Waals surface area contributed by atoms with Crippen LogP contribution in [-0.2, 0) is 4.79 Å². The van der Waals surface area contributed by atoms with Crippen LogP contribution in [0.5, 0.6) is 0 Å². The number of hydrogen-bond donors (Lipinski definition) is 1. The van der Waals surface area contributed by atoms with Gasteiger partial charge in [0, 0.05) is 31.7 Å². The summed E-state index contributed by atoms with van der Waals surface area (Å²) in [6.45, 7) is 1.97. The van der Waals surface area contributed by atoms with Gasteiger partial charge in [-0.3, -0.25) is 4.79 Å². The van der Waals surface area contributed by atoms with E-state index in [0.29, 0.717) is 18.4 Å². The number of amides is 1. The minimum atomic E-state index is 0.247. The van der Waals surface area contributed by atoms with Gasteiger partial charge in [-0.25, -0.2) is 4.98 Å². The molecule has 1 aliphatic heterocycles. The molecule has 2 heterocycles. The minimum absolute atomic E-state index is 0.247. The van der Waals surface area contributed by atoms with Gasteiger partial charge in [0.05, 0.1) is 4.47 Å². The second-order valence-corrected chi connectivity index (χ2v) is 6.99. The van der Waals surface area contributed by atoms with Gasteiger partial charge in [-0.05, 0) is 66.1 Å². The molecule has 3 rings (SSSR count). The van der Waals surface area contributed by atoms with Crippen LogP contribution in [0, 0.1) is 5.92 Å². The lowest BCUT2D eigenvalue weighted by Gasteiger charge is -2.33. The van der Waals surface area contributed by atoms with Crippen LogP contribution in [0.25, 0.3) is 0 Å². The van der Waals surface area contributed by atoms with Crippen molar-refractivity contribution in [1.82, 2.24) is 10.3 Å². The second-order valence-electron chi connectivity index (χ2n) is 6.14. The first kappa shape index (κ1) is 14.8. The maximum atomic E-state index is 12.0. The predicted octanol–water partition coefficient (Wildman–Crippen LogP) is 3.12. The second kappa shape index (κ2) is 6.77. The molecular weight excluding hydrogens is 330 g/mol. The van der Waals surface area contributed by atoms with Crippen molar-refractivity contribution in [3.63, 3.8) is 0 Å². The summed E-state index contributed by atoms with van der Waals surface area (Å²) in [5, 5.41) is 3.14. The fourth-order valence-corrected chi connectivity index (χ4v) is 3.57. The number of halogens is 1. The number of nitrogens with one attached hydrogen (secondary N) is 1. The molecule has 5 heteroatoms. The monoisotopic (exact) mass is 351 g/mol. The summed E-state index contributed by atoms with van der Waals surface area (Å²) in [6, 6.07) is 4.42. The standard InChI is InChI=1S/C16H22BrN3O/c17-14-5-2-8-18-16(14)20-9-6-12(7-10-20)11-15(21)19-13-3-1-4-13/h2,5,8,12-13H,1,3-4,6-7,9-11H2,(H,19,21). The topological polar surface area (TPSA) is 45.2 Å². The van der Waals surface area contributed by atoms with Crippen LogP contribution in [0.4, 0.5) is 5.82 Å². The molecule has 0 aromatic carbocycles. The number of hydrogen-bond acceptors (Lipinski definition) is 3. The zero-order valence-electron chi connectivity index (χ0n) is 12.2. The average Bonchev–Trinajstić information content (AvgIpc) is 2.45. The fraction of sp³-hybridized carbons (Fsp3) is 0.625. The van der Waals surface area contributed by atoms with Crippen molar-refractivity contribution < 1.29 is 4.79 Å². The van der Waals surface area contributed by atoms with Crippen LogP contribution in [0.2, 0.25) is 0 Å². The number of nitrogens with zero attached hydrogens (tertiary/aromatic N) is 2. The summed E-state index contributed by atoms with van der Waals surface area (Å²) in [5.74, 6) is 1.79. The van der Waals surface area contributed by atoms with Gasteiger partial charge in [-0.15, -0.1) is 0 Å². The van der Waals surface area contributed by atoms with Crippen molar-refractivity contribution in [3.05, 3.63) is 22.8 Å². The van der Waals surface area contributed by atoms with Crippen molar-refractivity contribution in [2.24, 2.45) is 5.92 Å². The van der Waals surface area contributed by atoms with E-state index >= 15 is 0 Å². The van der Waals surface area contributed by atoms with Crippen LogP contribution in [-0.4, -0.2) is 30.0 Å². The van der Waals surface area contributed by atoms with Gasteiger partial charge >= 0.3 is 0 Å². The molecule has 4 nitrogen and oxygen atoms in total. The van der Waals surface area contributed by atoms with Gasteiger partial charge < -0.3 is 10.2 Å². The highest BCUT2D eigenvalue weighted by molar-refractivity contribution is 9.10. The summed E-state index contributed by atoms with van der Waals surface area (Å²) in [4.78, 5) is 18.7. The third kappa shape index (κ3) is 3.76. The van der Waals surface area contributed by atoms with Crippen molar-refractivity contribution in [2.75, 3.05) is 18.0 Å². The first-order chi connectivity index (χ1) is 10.2. The Bertz CT molecular complexity index is 496. The number of piperidine rings is 1. The lowest BCUT2D eigenvalue weighted by Crippen LogP contribution is -2.41. The molecule has 2 fully saturated rings. The van der Waals surface area contributed by atoms with Gasteiger partial charge in [0.1, 0.15) is 5.82 Å². The largest absolute Gasteiger partial charge is 0.356 e. The number of rotatable bonds is 4. The number of carbonyl (C=O) groups excluding carboxylic acids is 1. The Labute approximate surface area is 134 Å². The fourth-order valence-electron chi connectivity index (χ4n) is 3.06. The molecule has 0 unspecified atom stereocenters. The molecule has 21 heavy (non-hydrogen) atoms. The first-order valence-electron chi connectivity index (χ1n) is 7.87. The summed E-state index contributed by atoms with van der Waals surface area (Å²) < 4.78 is 1.05. The summed E-state index contributed by atoms with van der Waals surface area (Å²) in [5.41, 5.74) is 0. The molecule has 1 N–H and O–H groups in total. The molecule has 2 aliphatic rings. The van der Waals surface area contributed by atoms with E-state index in [9.17, 15) is 4.79 Å². The van der Waals surface area contributed by atoms with Gasteiger partial charge in [0.15, 0.2) is 0 Å². The molecule has 1 aromatic heterocycles. The highest BCUT2D eigenvalue weighted by Gasteiger charge is 2.25. The average molecular weight is 352 g/mol. The van der Waals surface area contributed by atoms with E-state index in [1.807, 2.05) is 18.3 Å². The molecule has 1 saturated carbocycles. The summed E-state index contributed by atoms with van der Waals surface area (Å²) in [7, 11) is 0. The van der Waals surface area contributed by atoms with Crippen LogP contribution >= 0.6 is 15.9 Å². The predicted molar refractivity (Wildman–Crippen MR) is 87.3 cm³/mol. The van der Waals surface area contributed by atoms with E-state index in [-0.39, 0.29) is 5.91 Å². The first-order valence-corrected chi connectivity index (χ1v) is 8.66. The third-order valence-corrected chi connectivity index (χ3v) is 5.22. The molecule has 1 aromatic rings. The highest BCUT2D eigenvalue weighted by atomic mass is 79.9. The van der Waals surface area contributed by atoms with Crippen LogP contribution in [0.3, 0.4) is 0 Å². The Morgan fingerprint density at radius 2 is 2.10 bits per heavy atom. The van der Waals surface area contributed by atoms with E-state index in [2.05, 4.69) is 31.1 Å². The zero-order valence-corrected chi connectivity index (χ0v) is 13.8. The number of carbonyl (C=O) groups is 1. The lowest BCUT2D eigenvalue weighted by molar-refractivity contribution is -0.123. The zero-order chi connectivity index (χ0) is 14.7. The SMILES string of the molecule is O=C(CC1CCN(c2ncccc2Br)CC1)NC1CCC1. The smallest absolute Gasteiger partial charge is 0.220 e. The molecule has 0 atom stereocenters.